The summed E-state index contributed by atoms with van der Waals surface area (Å²) < 4.78 is 6.20. The Bertz CT molecular complexity index is 829. The molecule has 3 aromatic rings. The van der Waals surface area contributed by atoms with Crippen molar-refractivity contribution in [2.75, 3.05) is 0 Å². The van der Waals surface area contributed by atoms with Crippen molar-refractivity contribution < 1.29 is 4.74 Å². The molecule has 3 rings (SSSR count). The van der Waals surface area contributed by atoms with E-state index in [-0.39, 0.29) is 12.4 Å². The van der Waals surface area contributed by atoms with Gasteiger partial charge in [-0.2, -0.15) is 0 Å². The Morgan fingerprint density at radius 1 is 0.962 bits per heavy atom. The third-order valence-electron chi connectivity index (χ3n) is 4.75. The number of benzene rings is 3. The summed E-state index contributed by atoms with van der Waals surface area (Å²) in [7, 11) is 0. The van der Waals surface area contributed by atoms with Gasteiger partial charge in [-0.1, -0.05) is 67.1 Å². The monoisotopic (exact) mass is 369 g/mol. The highest BCUT2D eigenvalue weighted by atomic mass is 35.5. The molecule has 138 valence electrons. The molecular formula is C23H28ClNO. The Balaban J connectivity index is 0.00000243. The summed E-state index contributed by atoms with van der Waals surface area (Å²) in [6.45, 7) is 7.94. The van der Waals surface area contributed by atoms with Crippen LogP contribution in [-0.2, 0) is 13.2 Å². The van der Waals surface area contributed by atoms with Gasteiger partial charge < -0.3 is 10.1 Å². The van der Waals surface area contributed by atoms with Gasteiger partial charge >= 0.3 is 0 Å². The fraction of sp³-hybridized carbons (Fsp3) is 0.304. The van der Waals surface area contributed by atoms with Gasteiger partial charge in [0.1, 0.15) is 12.4 Å². The largest absolute Gasteiger partial charge is 0.489 e. The zero-order chi connectivity index (χ0) is 17.6. The van der Waals surface area contributed by atoms with Crippen LogP contribution in [-0.4, -0.2) is 6.04 Å². The second-order valence-electron chi connectivity index (χ2n) is 6.73. The quantitative estimate of drug-likeness (QED) is 0.548. The van der Waals surface area contributed by atoms with E-state index in [2.05, 4.69) is 86.8 Å². The molecule has 1 unspecified atom stereocenters. The van der Waals surface area contributed by atoms with Crippen LogP contribution in [0.25, 0.3) is 10.8 Å². The molecule has 0 aliphatic heterocycles. The molecule has 1 N–H and O–H groups in total. The lowest BCUT2D eigenvalue weighted by Crippen LogP contribution is -2.24. The maximum absolute atomic E-state index is 6.20. The fourth-order valence-electron chi connectivity index (χ4n) is 2.90. The average molecular weight is 370 g/mol. The van der Waals surface area contributed by atoms with Crippen LogP contribution in [0, 0.1) is 6.92 Å². The number of nitrogens with one attached hydrogen (secondary N) is 1. The summed E-state index contributed by atoms with van der Waals surface area (Å²) in [5.74, 6) is 0.968. The lowest BCUT2D eigenvalue weighted by Gasteiger charge is -2.17. The number of rotatable bonds is 7. The predicted octanol–water partition coefficient (Wildman–Crippen LogP) is 6.04. The van der Waals surface area contributed by atoms with E-state index >= 15 is 0 Å². The summed E-state index contributed by atoms with van der Waals surface area (Å²) in [6, 6.07) is 21.8. The zero-order valence-electron chi connectivity index (χ0n) is 15.8. The predicted molar refractivity (Wildman–Crippen MR) is 113 cm³/mol. The Morgan fingerprint density at radius 2 is 1.69 bits per heavy atom. The second kappa shape index (κ2) is 9.61. The molecule has 0 aliphatic carbocycles. The number of hydrogen-bond donors (Lipinski definition) is 1. The molecule has 0 bridgehead atoms. The normalized spacial score (nSPS) is 11.8. The first-order chi connectivity index (χ1) is 12.2. The Kier molecular flexibility index (Phi) is 7.50. The molecule has 0 spiro atoms. The van der Waals surface area contributed by atoms with Crippen molar-refractivity contribution in [3.05, 3.63) is 77.4 Å². The lowest BCUT2D eigenvalue weighted by molar-refractivity contribution is 0.302. The minimum atomic E-state index is 0. The van der Waals surface area contributed by atoms with Crippen LogP contribution in [0.3, 0.4) is 0 Å². The first-order valence-corrected chi connectivity index (χ1v) is 9.09. The number of aryl methyl sites for hydroxylation is 1. The van der Waals surface area contributed by atoms with Crippen LogP contribution in [0.1, 0.15) is 37.0 Å². The van der Waals surface area contributed by atoms with E-state index in [0.717, 1.165) is 18.7 Å². The minimum absolute atomic E-state index is 0. The maximum atomic E-state index is 6.20. The molecule has 3 heteroatoms. The summed E-state index contributed by atoms with van der Waals surface area (Å²) in [4.78, 5) is 0. The van der Waals surface area contributed by atoms with E-state index in [1.165, 1.54) is 27.5 Å². The molecule has 3 aromatic carbocycles. The van der Waals surface area contributed by atoms with Gasteiger partial charge in [0.05, 0.1) is 0 Å². The third-order valence-corrected chi connectivity index (χ3v) is 4.75. The molecule has 0 saturated carbocycles. The van der Waals surface area contributed by atoms with Crippen LogP contribution >= 0.6 is 12.4 Å². The van der Waals surface area contributed by atoms with E-state index in [1.54, 1.807) is 0 Å². The number of fused-ring (bicyclic) bond motifs is 1. The standard InChI is InChI=1S/C23H27NO.ClH/c1-4-18(3)24-15-22-21-8-6-5-7-20(21)13-14-23(22)25-16-19-11-9-17(2)10-12-19;/h5-14,18,24H,4,15-16H2,1-3H3;1H. The van der Waals surface area contributed by atoms with Gasteiger partial charge in [0.25, 0.3) is 0 Å². The summed E-state index contributed by atoms with van der Waals surface area (Å²) in [6.07, 6.45) is 1.12. The number of ether oxygens (including phenoxy) is 1. The molecule has 0 heterocycles. The highest BCUT2D eigenvalue weighted by molar-refractivity contribution is 5.87. The Morgan fingerprint density at radius 3 is 2.42 bits per heavy atom. The Hall–Kier alpha value is -2.03. The van der Waals surface area contributed by atoms with E-state index in [0.29, 0.717) is 12.6 Å². The lowest BCUT2D eigenvalue weighted by atomic mass is 10.0. The van der Waals surface area contributed by atoms with Crippen molar-refractivity contribution in [1.29, 1.82) is 0 Å². The van der Waals surface area contributed by atoms with Crippen molar-refractivity contribution in [2.45, 2.75) is 46.4 Å². The highest BCUT2D eigenvalue weighted by Crippen LogP contribution is 2.29. The molecule has 0 aliphatic rings. The van der Waals surface area contributed by atoms with Crippen molar-refractivity contribution in [2.24, 2.45) is 0 Å². The molecule has 0 aromatic heterocycles. The second-order valence-corrected chi connectivity index (χ2v) is 6.73. The smallest absolute Gasteiger partial charge is 0.124 e. The molecule has 1 atom stereocenters. The highest BCUT2D eigenvalue weighted by Gasteiger charge is 2.10. The van der Waals surface area contributed by atoms with Gasteiger partial charge in [-0.15, -0.1) is 12.4 Å². The molecule has 0 fully saturated rings. The van der Waals surface area contributed by atoms with Gasteiger partial charge in [-0.05, 0) is 42.7 Å². The number of halogens is 1. The van der Waals surface area contributed by atoms with Gasteiger partial charge in [0, 0.05) is 18.2 Å². The fourth-order valence-corrected chi connectivity index (χ4v) is 2.90. The molecule has 0 radical (unpaired) electrons. The SMILES string of the molecule is CCC(C)NCc1c(OCc2ccc(C)cc2)ccc2ccccc12.Cl. The zero-order valence-corrected chi connectivity index (χ0v) is 16.6. The van der Waals surface area contributed by atoms with Gasteiger partial charge in [-0.3, -0.25) is 0 Å². The van der Waals surface area contributed by atoms with E-state index in [4.69, 9.17) is 4.74 Å². The van der Waals surface area contributed by atoms with E-state index in [1.807, 2.05) is 0 Å². The molecule has 26 heavy (non-hydrogen) atoms. The topological polar surface area (TPSA) is 21.3 Å². The Labute approximate surface area is 163 Å². The van der Waals surface area contributed by atoms with Gasteiger partial charge in [0.2, 0.25) is 0 Å². The molecule has 0 saturated heterocycles. The van der Waals surface area contributed by atoms with Crippen LogP contribution in [0.5, 0.6) is 5.75 Å². The van der Waals surface area contributed by atoms with Crippen LogP contribution in [0.15, 0.2) is 60.7 Å². The summed E-state index contributed by atoms with van der Waals surface area (Å²) in [5, 5.41) is 6.13. The minimum Gasteiger partial charge on any atom is -0.489 e. The van der Waals surface area contributed by atoms with Crippen LogP contribution in [0.2, 0.25) is 0 Å². The van der Waals surface area contributed by atoms with E-state index < -0.39 is 0 Å². The first-order valence-electron chi connectivity index (χ1n) is 9.09. The van der Waals surface area contributed by atoms with Crippen molar-refractivity contribution >= 4 is 23.2 Å². The van der Waals surface area contributed by atoms with Crippen molar-refractivity contribution in [3.63, 3.8) is 0 Å². The van der Waals surface area contributed by atoms with Gasteiger partial charge in [-0.25, -0.2) is 0 Å². The molecule has 0 amide bonds. The van der Waals surface area contributed by atoms with Crippen molar-refractivity contribution in [3.8, 4) is 5.75 Å². The van der Waals surface area contributed by atoms with Gasteiger partial charge in [0.15, 0.2) is 0 Å². The maximum Gasteiger partial charge on any atom is 0.124 e. The first kappa shape index (κ1) is 20.3. The van der Waals surface area contributed by atoms with Crippen LogP contribution in [0.4, 0.5) is 0 Å². The van der Waals surface area contributed by atoms with E-state index in [9.17, 15) is 0 Å². The molecular weight excluding hydrogens is 342 g/mol. The van der Waals surface area contributed by atoms with Crippen LogP contribution < -0.4 is 10.1 Å². The molecule has 2 nitrogen and oxygen atoms in total. The third kappa shape index (κ3) is 5.00. The average Bonchev–Trinajstić information content (AvgIpc) is 2.65. The summed E-state index contributed by atoms with van der Waals surface area (Å²) >= 11 is 0. The van der Waals surface area contributed by atoms with Crippen molar-refractivity contribution in [1.82, 2.24) is 5.32 Å². The number of hydrogen-bond acceptors (Lipinski definition) is 2. The summed E-state index contributed by atoms with van der Waals surface area (Å²) in [5.41, 5.74) is 3.71.